The molecule has 1 N–H and O–H groups in total. The fourth-order valence-corrected chi connectivity index (χ4v) is 3.03. The van der Waals surface area contributed by atoms with E-state index in [-0.39, 0.29) is 29.3 Å². The number of ether oxygens (including phenoxy) is 1. The summed E-state index contributed by atoms with van der Waals surface area (Å²) < 4.78 is 11.6. The van der Waals surface area contributed by atoms with Crippen molar-refractivity contribution in [2.75, 3.05) is 6.54 Å². The number of nitrogens with one attached hydrogen (secondary N) is 1. The lowest BCUT2D eigenvalue weighted by atomic mass is 10.1. The summed E-state index contributed by atoms with van der Waals surface area (Å²) >= 11 is 0. The van der Waals surface area contributed by atoms with E-state index < -0.39 is 8.32 Å². The normalized spacial score (nSPS) is 34.3. The first-order chi connectivity index (χ1) is 7.22. The van der Waals surface area contributed by atoms with Crippen molar-refractivity contribution in [1.82, 2.24) is 5.32 Å². The molecular formula is C11H21NO3Si. The van der Waals surface area contributed by atoms with Gasteiger partial charge in [0, 0.05) is 6.54 Å². The number of epoxide rings is 1. The molecule has 2 rings (SSSR count). The number of rotatable bonds is 2. The Balaban J connectivity index is 1.99. The Kier molecular flexibility index (Phi) is 2.68. The van der Waals surface area contributed by atoms with E-state index in [2.05, 4.69) is 39.2 Å². The fraction of sp³-hybridized carbons (Fsp3) is 0.909. The van der Waals surface area contributed by atoms with Gasteiger partial charge in [0.2, 0.25) is 0 Å². The summed E-state index contributed by atoms with van der Waals surface area (Å²) in [5, 5.41) is 3.02. The third-order valence-electron chi connectivity index (χ3n) is 3.88. The van der Waals surface area contributed by atoms with Crippen molar-refractivity contribution >= 4 is 14.2 Å². The summed E-state index contributed by atoms with van der Waals surface area (Å²) in [5.74, 6) is 0.0140. The monoisotopic (exact) mass is 243 g/mol. The molecule has 2 fully saturated rings. The highest BCUT2D eigenvalue weighted by Crippen LogP contribution is 2.40. The molecule has 1 amide bonds. The number of hydrogen-bond acceptors (Lipinski definition) is 3. The van der Waals surface area contributed by atoms with Crippen molar-refractivity contribution in [2.24, 2.45) is 0 Å². The molecule has 2 aliphatic heterocycles. The van der Waals surface area contributed by atoms with E-state index in [1.54, 1.807) is 0 Å². The van der Waals surface area contributed by atoms with Gasteiger partial charge in [-0.2, -0.15) is 0 Å². The molecule has 0 saturated carbocycles. The predicted octanol–water partition coefficient (Wildman–Crippen LogP) is 1.27. The van der Waals surface area contributed by atoms with Crippen LogP contribution in [-0.4, -0.2) is 39.1 Å². The third kappa shape index (κ3) is 2.03. The molecule has 0 aromatic rings. The van der Waals surface area contributed by atoms with Gasteiger partial charge < -0.3 is 14.5 Å². The molecule has 0 unspecified atom stereocenters. The summed E-state index contributed by atoms with van der Waals surface area (Å²) in [6.45, 7) is 11.7. The van der Waals surface area contributed by atoms with Gasteiger partial charge in [-0.3, -0.25) is 4.79 Å². The van der Waals surface area contributed by atoms with Crippen LogP contribution in [0.5, 0.6) is 0 Å². The fourth-order valence-electron chi connectivity index (χ4n) is 1.70. The van der Waals surface area contributed by atoms with E-state index in [1.165, 1.54) is 0 Å². The first kappa shape index (κ1) is 12.1. The van der Waals surface area contributed by atoms with Gasteiger partial charge in [-0.25, -0.2) is 0 Å². The van der Waals surface area contributed by atoms with Crippen LogP contribution in [0.15, 0.2) is 0 Å². The minimum absolute atomic E-state index is 0.00266. The summed E-state index contributed by atoms with van der Waals surface area (Å²) in [7, 11) is -1.76. The molecule has 92 valence electrons. The van der Waals surface area contributed by atoms with Gasteiger partial charge in [0.05, 0.1) is 6.10 Å². The molecule has 0 aromatic carbocycles. The predicted molar refractivity (Wildman–Crippen MR) is 63.7 cm³/mol. The second kappa shape index (κ2) is 3.55. The third-order valence-corrected chi connectivity index (χ3v) is 8.38. The lowest BCUT2D eigenvalue weighted by Crippen LogP contribution is -2.52. The van der Waals surface area contributed by atoms with Gasteiger partial charge in [0.15, 0.2) is 14.4 Å². The first-order valence-electron chi connectivity index (χ1n) is 5.83. The lowest BCUT2D eigenvalue weighted by Gasteiger charge is -2.39. The molecule has 2 aliphatic rings. The van der Waals surface area contributed by atoms with Crippen LogP contribution in [0, 0.1) is 0 Å². The molecule has 0 radical (unpaired) electrons. The molecule has 0 bridgehead atoms. The van der Waals surface area contributed by atoms with E-state index in [0.717, 1.165) is 0 Å². The molecular weight excluding hydrogens is 222 g/mol. The largest absolute Gasteiger partial charge is 0.409 e. The Morgan fingerprint density at radius 2 is 2.06 bits per heavy atom. The lowest BCUT2D eigenvalue weighted by molar-refractivity contribution is -0.123. The Morgan fingerprint density at radius 1 is 1.44 bits per heavy atom. The highest BCUT2D eigenvalue weighted by molar-refractivity contribution is 6.74. The first-order valence-corrected chi connectivity index (χ1v) is 8.74. The van der Waals surface area contributed by atoms with Gasteiger partial charge in [-0.05, 0) is 18.1 Å². The zero-order chi connectivity index (χ0) is 12.1. The van der Waals surface area contributed by atoms with Gasteiger partial charge in [-0.1, -0.05) is 20.8 Å². The van der Waals surface area contributed by atoms with Gasteiger partial charge in [0.25, 0.3) is 5.91 Å². The number of piperidine rings is 1. The van der Waals surface area contributed by atoms with E-state index >= 15 is 0 Å². The van der Waals surface area contributed by atoms with Gasteiger partial charge in [-0.15, -0.1) is 0 Å². The van der Waals surface area contributed by atoms with E-state index in [4.69, 9.17) is 9.16 Å². The minimum atomic E-state index is -1.76. The van der Waals surface area contributed by atoms with Crippen LogP contribution in [0.25, 0.3) is 0 Å². The zero-order valence-corrected chi connectivity index (χ0v) is 11.7. The van der Waals surface area contributed by atoms with Gasteiger partial charge >= 0.3 is 0 Å². The van der Waals surface area contributed by atoms with Crippen molar-refractivity contribution in [1.29, 1.82) is 0 Å². The summed E-state index contributed by atoms with van der Waals surface area (Å²) in [6.07, 6.45) is -0.199. The maximum Gasteiger partial charge on any atom is 0.252 e. The Bertz CT molecular complexity index is 311. The summed E-state index contributed by atoms with van der Waals surface area (Å²) in [5.41, 5.74) is 0. The van der Waals surface area contributed by atoms with Crippen LogP contribution in [0.4, 0.5) is 0 Å². The van der Waals surface area contributed by atoms with Crippen molar-refractivity contribution in [3.63, 3.8) is 0 Å². The Hall–Kier alpha value is -0.393. The molecule has 4 nitrogen and oxygen atoms in total. The second-order valence-corrected chi connectivity index (χ2v) is 10.9. The van der Waals surface area contributed by atoms with Crippen LogP contribution in [0.3, 0.4) is 0 Å². The highest BCUT2D eigenvalue weighted by atomic mass is 28.4. The van der Waals surface area contributed by atoms with Crippen LogP contribution < -0.4 is 5.32 Å². The molecule has 0 spiro atoms. The van der Waals surface area contributed by atoms with Crippen LogP contribution in [0.1, 0.15) is 20.8 Å². The average Bonchev–Trinajstić information content (AvgIpc) is 2.87. The average molecular weight is 243 g/mol. The topological polar surface area (TPSA) is 50.9 Å². The van der Waals surface area contributed by atoms with Crippen molar-refractivity contribution in [2.45, 2.75) is 57.2 Å². The van der Waals surface area contributed by atoms with Crippen molar-refractivity contribution in [3.8, 4) is 0 Å². The molecule has 5 heteroatoms. The quantitative estimate of drug-likeness (QED) is 0.587. The van der Waals surface area contributed by atoms with Crippen molar-refractivity contribution < 1.29 is 14.0 Å². The Labute approximate surface area is 97.8 Å². The maximum atomic E-state index is 11.3. The number of fused-ring (bicyclic) bond motifs is 1. The summed E-state index contributed by atoms with van der Waals surface area (Å²) in [4.78, 5) is 11.3. The zero-order valence-electron chi connectivity index (χ0n) is 10.7. The highest BCUT2D eigenvalue weighted by Gasteiger charge is 2.55. The second-order valence-electron chi connectivity index (χ2n) is 6.18. The van der Waals surface area contributed by atoms with E-state index in [0.29, 0.717) is 6.54 Å². The van der Waals surface area contributed by atoms with Crippen LogP contribution >= 0.6 is 0 Å². The number of carbonyl (C=O) groups is 1. The number of hydrogen-bond donors (Lipinski definition) is 1. The number of carbonyl (C=O) groups excluding carboxylic acids is 1. The van der Waals surface area contributed by atoms with E-state index in [9.17, 15) is 4.79 Å². The molecule has 16 heavy (non-hydrogen) atoms. The van der Waals surface area contributed by atoms with Crippen molar-refractivity contribution in [3.05, 3.63) is 0 Å². The molecule has 2 heterocycles. The SMILES string of the molecule is CC(C)(C)[Si](C)(C)O[C@@H]1CNC(=O)[C@@H]2O[C@H]12. The minimum Gasteiger partial charge on any atom is -0.409 e. The molecule has 3 atom stereocenters. The van der Waals surface area contributed by atoms with Crippen LogP contribution in [0.2, 0.25) is 18.1 Å². The molecule has 2 saturated heterocycles. The maximum absolute atomic E-state index is 11.3. The standard InChI is InChI=1S/C11H21NO3Si/c1-11(2,3)16(4,5)15-7-6-12-10(13)9-8(7)14-9/h7-9H,6H2,1-5H3,(H,12,13)/t7-,8-,9-/m1/s1. The summed E-state index contributed by atoms with van der Waals surface area (Å²) in [6, 6.07) is 0. The molecule has 0 aliphatic carbocycles. The van der Waals surface area contributed by atoms with Crippen LogP contribution in [-0.2, 0) is 14.0 Å². The van der Waals surface area contributed by atoms with Gasteiger partial charge in [0.1, 0.15) is 6.10 Å². The number of amides is 1. The smallest absolute Gasteiger partial charge is 0.252 e. The molecule has 0 aromatic heterocycles. The Morgan fingerprint density at radius 3 is 2.62 bits per heavy atom. The van der Waals surface area contributed by atoms with E-state index in [1.807, 2.05) is 0 Å².